The minimum atomic E-state index is -3.63. The Labute approximate surface area is 246 Å². The number of carbonyl (C=O) groups excluding carboxylic acids is 1. The average molecular weight is 597 g/mol. The van der Waals surface area contributed by atoms with Gasteiger partial charge in [0.1, 0.15) is 0 Å². The smallest absolute Gasteiger partial charge is 0.238 e. The largest absolute Gasteiger partial charge is 0.339 e. The number of sulfonamides is 1. The molecular weight excluding hydrogens is 560 g/mol. The molecule has 3 fully saturated rings. The normalized spacial score (nSPS) is 29.6. The molecule has 1 spiro atoms. The number of carbonyl (C=O) groups is 1. The minimum Gasteiger partial charge on any atom is -0.339 e. The molecule has 1 aliphatic heterocycles. The summed E-state index contributed by atoms with van der Waals surface area (Å²) in [6.07, 6.45) is 8.04. The van der Waals surface area contributed by atoms with Gasteiger partial charge in [-0.1, -0.05) is 49.7 Å². The van der Waals surface area contributed by atoms with Crippen molar-refractivity contribution in [2.75, 3.05) is 12.0 Å². The highest BCUT2D eigenvalue weighted by Crippen LogP contribution is 2.70. The van der Waals surface area contributed by atoms with Crippen molar-refractivity contribution in [1.82, 2.24) is 8.87 Å². The summed E-state index contributed by atoms with van der Waals surface area (Å²) in [4.78, 5) is 15.4. The van der Waals surface area contributed by atoms with Crippen LogP contribution in [0.15, 0.2) is 47.4 Å². The molecule has 1 saturated heterocycles. The number of fused-ring (bicyclic) bond motifs is 4. The van der Waals surface area contributed by atoms with E-state index in [1.54, 1.807) is 11.8 Å². The van der Waals surface area contributed by atoms with Gasteiger partial charge in [-0.3, -0.25) is 4.79 Å². The van der Waals surface area contributed by atoms with Crippen molar-refractivity contribution in [3.63, 3.8) is 0 Å². The molecule has 4 aliphatic rings. The van der Waals surface area contributed by atoms with E-state index in [0.29, 0.717) is 17.5 Å². The number of benzene rings is 2. The lowest BCUT2D eigenvalue weighted by molar-refractivity contribution is -0.129. The van der Waals surface area contributed by atoms with Gasteiger partial charge in [-0.25, -0.2) is 12.7 Å². The molecule has 2 bridgehead atoms. The van der Waals surface area contributed by atoms with Crippen LogP contribution in [0.25, 0.3) is 10.9 Å². The van der Waals surface area contributed by atoms with Crippen LogP contribution >= 0.6 is 23.4 Å². The van der Waals surface area contributed by atoms with Crippen molar-refractivity contribution in [1.29, 1.82) is 0 Å². The van der Waals surface area contributed by atoms with Gasteiger partial charge in [0.15, 0.2) is 0 Å². The zero-order chi connectivity index (χ0) is 28.0. The molecule has 2 saturated carbocycles. The number of nitrogens with zero attached hydrogens (tertiary/aromatic N) is 2. The maximum absolute atomic E-state index is 14.1. The molecule has 4 atom stereocenters. The molecule has 1 amide bonds. The summed E-state index contributed by atoms with van der Waals surface area (Å²) in [5.41, 5.74) is 4.58. The topological polar surface area (TPSA) is 59.4 Å². The van der Waals surface area contributed by atoms with E-state index in [1.165, 1.54) is 31.4 Å². The molecule has 5 nitrogen and oxygen atoms in total. The lowest BCUT2D eigenvalue weighted by Gasteiger charge is -2.37. The summed E-state index contributed by atoms with van der Waals surface area (Å²) in [6, 6.07) is 14.3. The van der Waals surface area contributed by atoms with Crippen LogP contribution in [0.4, 0.5) is 0 Å². The Balaban J connectivity index is 1.29. The van der Waals surface area contributed by atoms with Gasteiger partial charge in [0.25, 0.3) is 0 Å². The maximum Gasteiger partial charge on any atom is 0.238 e. The third-order valence-electron chi connectivity index (χ3n) is 11.1. The van der Waals surface area contributed by atoms with Crippen LogP contribution in [-0.4, -0.2) is 41.2 Å². The zero-order valence-corrected chi connectivity index (χ0v) is 25.8. The van der Waals surface area contributed by atoms with Crippen molar-refractivity contribution in [2.45, 2.75) is 82.2 Å². The van der Waals surface area contributed by atoms with Crippen molar-refractivity contribution in [3.05, 3.63) is 64.3 Å². The van der Waals surface area contributed by atoms with Gasteiger partial charge in [-0.15, -0.1) is 11.8 Å². The highest BCUT2D eigenvalue weighted by Gasteiger charge is 2.72. The minimum absolute atomic E-state index is 0.0102. The first-order chi connectivity index (χ1) is 19.1. The van der Waals surface area contributed by atoms with Gasteiger partial charge in [-0.05, 0) is 85.4 Å². The van der Waals surface area contributed by atoms with E-state index in [0.717, 1.165) is 44.1 Å². The molecule has 0 unspecified atom stereocenters. The summed E-state index contributed by atoms with van der Waals surface area (Å²) in [6.45, 7) is 5.16. The third kappa shape index (κ3) is 3.72. The average Bonchev–Trinajstić information content (AvgIpc) is 3.53. The van der Waals surface area contributed by atoms with Crippen LogP contribution in [0.5, 0.6) is 0 Å². The molecule has 3 aromatic rings. The highest BCUT2D eigenvalue weighted by molar-refractivity contribution is 7.98. The number of hydrogen-bond acceptors (Lipinski definition) is 4. The van der Waals surface area contributed by atoms with Crippen molar-refractivity contribution >= 4 is 50.2 Å². The fourth-order valence-corrected chi connectivity index (χ4v) is 12.4. The number of thioether (sulfide) groups is 1. The molecule has 0 radical (unpaired) electrons. The van der Waals surface area contributed by atoms with E-state index in [1.807, 2.05) is 12.1 Å². The Bertz CT molecular complexity index is 1630. The Morgan fingerprint density at radius 2 is 1.90 bits per heavy atom. The summed E-state index contributed by atoms with van der Waals surface area (Å²) in [5.74, 6) is 0.418. The number of hydrogen-bond donors (Lipinski definition) is 0. The quantitative estimate of drug-likeness (QED) is 0.291. The van der Waals surface area contributed by atoms with Crippen LogP contribution in [-0.2, 0) is 27.8 Å². The molecule has 1 aromatic heterocycles. The van der Waals surface area contributed by atoms with Crippen LogP contribution in [0.1, 0.15) is 75.1 Å². The second kappa shape index (κ2) is 9.27. The van der Waals surface area contributed by atoms with Crippen molar-refractivity contribution in [2.24, 2.45) is 16.7 Å². The van der Waals surface area contributed by atoms with E-state index in [2.05, 4.69) is 55.0 Å². The molecular formula is C32H37ClN2O3S2. The van der Waals surface area contributed by atoms with Gasteiger partial charge in [0, 0.05) is 45.3 Å². The Kier molecular flexibility index (Phi) is 6.24. The highest BCUT2D eigenvalue weighted by atomic mass is 35.5. The summed E-state index contributed by atoms with van der Waals surface area (Å²) < 4.78 is 31.0. The molecule has 7 rings (SSSR count). The fourth-order valence-electron chi connectivity index (χ4n) is 9.08. The van der Waals surface area contributed by atoms with Crippen molar-refractivity contribution < 1.29 is 13.2 Å². The first-order valence-corrected chi connectivity index (χ1v) is 17.8. The molecule has 212 valence electrons. The molecule has 2 aromatic carbocycles. The van der Waals surface area contributed by atoms with Gasteiger partial charge >= 0.3 is 0 Å². The number of amides is 1. The summed E-state index contributed by atoms with van der Waals surface area (Å²) >= 11 is 7.94. The van der Waals surface area contributed by atoms with Crippen LogP contribution in [0, 0.1) is 16.7 Å². The first-order valence-electron chi connectivity index (χ1n) is 14.5. The lowest BCUT2D eigenvalue weighted by Crippen LogP contribution is -2.44. The van der Waals surface area contributed by atoms with E-state index < -0.39 is 10.0 Å². The lowest BCUT2D eigenvalue weighted by atomic mass is 9.69. The SMILES string of the molecule is CSc1cccc2c3c(n(Cc4ccc(Cl)cc4)c12)[C@@H](CC(=O)N1[C@H]2C[C@@H]4CC[C@@]2(CS1(=O)=O)C4(C)C)CCC3. The summed E-state index contributed by atoms with van der Waals surface area (Å²) in [5, 5.41) is 1.97. The maximum atomic E-state index is 14.1. The van der Waals surface area contributed by atoms with E-state index in [9.17, 15) is 13.2 Å². The second-order valence-corrected chi connectivity index (χ2v) is 16.2. The molecule has 3 aliphatic carbocycles. The van der Waals surface area contributed by atoms with Crippen LogP contribution < -0.4 is 0 Å². The van der Waals surface area contributed by atoms with Crippen molar-refractivity contribution in [3.8, 4) is 0 Å². The number of aromatic nitrogens is 1. The van der Waals surface area contributed by atoms with Gasteiger partial charge < -0.3 is 4.57 Å². The molecule has 8 heteroatoms. The first kappa shape index (κ1) is 26.9. The van der Waals surface area contributed by atoms with E-state index in [4.69, 9.17) is 11.6 Å². The molecule has 0 N–H and O–H groups in total. The Morgan fingerprint density at radius 1 is 1.12 bits per heavy atom. The monoisotopic (exact) mass is 596 g/mol. The number of aryl methyl sites for hydroxylation is 1. The van der Waals surface area contributed by atoms with Gasteiger partial charge in [-0.2, -0.15) is 0 Å². The summed E-state index contributed by atoms with van der Waals surface area (Å²) in [7, 11) is -3.63. The Hall–Kier alpha value is -1.96. The zero-order valence-electron chi connectivity index (χ0n) is 23.5. The van der Waals surface area contributed by atoms with E-state index in [-0.39, 0.29) is 40.9 Å². The van der Waals surface area contributed by atoms with Gasteiger partial charge in [0.2, 0.25) is 15.9 Å². The fraction of sp³-hybridized carbons (Fsp3) is 0.531. The molecule has 2 heterocycles. The van der Waals surface area contributed by atoms with Crippen LogP contribution in [0.2, 0.25) is 5.02 Å². The Morgan fingerprint density at radius 3 is 2.62 bits per heavy atom. The predicted molar refractivity (Wildman–Crippen MR) is 163 cm³/mol. The second-order valence-electron chi connectivity index (χ2n) is 13.0. The number of para-hydroxylation sites is 1. The number of halogens is 1. The van der Waals surface area contributed by atoms with E-state index >= 15 is 0 Å². The standard InChI is InChI=1S/C32H37ClN2O3S2/c1-31(2)22-14-15-32(31)19-40(37,38)35(27(32)17-22)28(36)16-21-6-4-7-24-25-8-5-9-26(39-3)30(25)34(29(21)24)18-20-10-12-23(33)13-11-20/h5,8-13,21-22,27H,4,6-7,14-19H2,1-3H3/t21-,22+,27+,32+/m1/s1. The predicted octanol–water partition coefficient (Wildman–Crippen LogP) is 7.24. The molecule has 40 heavy (non-hydrogen) atoms. The van der Waals surface area contributed by atoms with Gasteiger partial charge in [0.05, 0.1) is 17.3 Å². The van der Waals surface area contributed by atoms with Crippen LogP contribution in [0.3, 0.4) is 0 Å². The third-order valence-corrected chi connectivity index (χ3v) is 14.1. The number of rotatable bonds is 5.